The Kier molecular flexibility index (Phi) is 6.21. The molecule has 1 N–H and O–H groups in total. The molecule has 0 aliphatic carbocycles. The Bertz CT molecular complexity index is 321. The molecule has 0 aromatic rings. The maximum Gasteiger partial charge on any atom is 0.328 e. The molecule has 0 bridgehead atoms. The smallest absolute Gasteiger partial charge is 0.328 e. The van der Waals surface area contributed by atoms with Crippen molar-refractivity contribution < 1.29 is 19.4 Å². The molecular weight excluding hydrogens is 254 g/mol. The number of nitrogens with zero attached hydrogens (tertiary/aromatic N) is 1. The predicted molar refractivity (Wildman–Crippen MR) is 70.3 cm³/mol. The molecular formula is C12H19NO4S. The Balaban J connectivity index is 2.61. The molecule has 6 heteroatoms. The summed E-state index contributed by atoms with van der Waals surface area (Å²) in [5.41, 5.74) is 0. The van der Waals surface area contributed by atoms with E-state index in [0.717, 1.165) is 0 Å². The van der Waals surface area contributed by atoms with Crippen LogP contribution in [0.1, 0.15) is 12.8 Å². The number of esters is 1. The van der Waals surface area contributed by atoms with Gasteiger partial charge in [0.2, 0.25) is 5.91 Å². The van der Waals surface area contributed by atoms with E-state index in [4.69, 9.17) is 0 Å². The fraction of sp³-hybridized carbons (Fsp3) is 0.667. The number of likely N-dealkylation sites (tertiary alicyclic amines) is 1. The lowest BCUT2D eigenvalue weighted by Gasteiger charge is -2.36. The Morgan fingerprint density at radius 2 is 2.33 bits per heavy atom. The van der Waals surface area contributed by atoms with Gasteiger partial charge in [-0.05, 0) is 6.42 Å². The molecule has 0 aromatic heterocycles. The fourth-order valence-corrected chi connectivity index (χ4v) is 2.54. The van der Waals surface area contributed by atoms with E-state index >= 15 is 0 Å². The van der Waals surface area contributed by atoms with E-state index in [1.54, 1.807) is 6.08 Å². The van der Waals surface area contributed by atoms with Gasteiger partial charge in [0.1, 0.15) is 6.04 Å². The number of amides is 1. The quantitative estimate of drug-likeness (QED) is 0.447. The monoisotopic (exact) mass is 273 g/mol. The van der Waals surface area contributed by atoms with Crippen molar-refractivity contribution in [2.24, 2.45) is 0 Å². The lowest BCUT2D eigenvalue weighted by molar-refractivity contribution is -0.156. The van der Waals surface area contributed by atoms with Crippen molar-refractivity contribution in [2.45, 2.75) is 25.0 Å². The summed E-state index contributed by atoms with van der Waals surface area (Å²) in [5.74, 6) is 0.459. The van der Waals surface area contributed by atoms with Crippen molar-refractivity contribution in [1.82, 2.24) is 4.90 Å². The van der Waals surface area contributed by atoms with Gasteiger partial charge >= 0.3 is 5.97 Å². The molecule has 18 heavy (non-hydrogen) atoms. The average molecular weight is 273 g/mol. The Morgan fingerprint density at radius 1 is 1.61 bits per heavy atom. The molecule has 102 valence electrons. The zero-order valence-corrected chi connectivity index (χ0v) is 11.3. The Morgan fingerprint density at radius 3 is 2.94 bits per heavy atom. The van der Waals surface area contributed by atoms with Crippen molar-refractivity contribution in [3.63, 3.8) is 0 Å². The SMILES string of the molecule is C=CCSCC(=O)N1CC[C@H](O)C[C@@H]1C(=O)OC. The third-order valence-electron chi connectivity index (χ3n) is 2.83. The third kappa shape index (κ3) is 4.03. The van der Waals surface area contributed by atoms with Gasteiger partial charge in [-0.15, -0.1) is 18.3 Å². The lowest BCUT2D eigenvalue weighted by Crippen LogP contribution is -2.52. The summed E-state index contributed by atoms with van der Waals surface area (Å²) in [7, 11) is 1.29. The van der Waals surface area contributed by atoms with Gasteiger partial charge < -0.3 is 14.7 Å². The number of hydrogen-bond acceptors (Lipinski definition) is 5. The van der Waals surface area contributed by atoms with Crippen LogP contribution in [0.25, 0.3) is 0 Å². The number of carbonyl (C=O) groups is 2. The first kappa shape index (κ1) is 15.0. The van der Waals surface area contributed by atoms with E-state index in [0.29, 0.717) is 24.5 Å². The minimum Gasteiger partial charge on any atom is -0.467 e. The lowest BCUT2D eigenvalue weighted by atomic mass is 9.99. The van der Waals surface area contributed by atoms with Crippen LogP contribution in [0.3, 0.4) is 0 Å². The summed E-state index contributed by atoms with van der Waals surface area (Å²) < 4.78 is 4.68. The summed E-state index contributed by atoms with van der Waals surface area (Å²) in [6.45, 7) is 3.98. The number of rotatable bonds is 5. The van der Waals surface area contributed by atoms with E-state index in [1.165, 1.54) is 23.8 Å². The largest absolute Gasteiger partial charge is 0.467 e. The first-order valence-corrected chi connectivity index (χ1v) is 6.99. The van der Waals surface area contributed by atoms with Crippen LogP contribution in [0, 0.1) is 0 Å². The second kappa shape index (κ2) is 7.43. The van der Waals surface area contributed by atoms with Crippen molar-refractivity contribution in [2.75, 3.05) is 25.2 Å². The van der Waals surface area contributed by atoms with Crippen molar-refractivity contribution in [1.29, 1.82) is 0 Å². The summed E-state index contributed by atoms with van der Waals surface area (Å²) in [5, 5.41) is 9.57. The van der Waals surface area contributed by atoms with Crippen molar-refractivity contribution in [3.05, 3.63) is 12.7 Å². The average Bonchev–Trinajstić information content (AvgIpc) is 2.37. The van der Waals surface area contributed by atoms with E-state index in [-0.39, 0.29) is 12.3 Å². The van der Waals surface area contributed by atoms with Crippen molar-refractivity contribution >= 4 is 23.6 Å². The first-order chi connectivity index (χ1) is 8.60. The zero-order valence-electron chi connectivity index (χ0n) is 10.5. The minimum absolute atomic E-state index is 0.0934. The molecule has 1 aliphatic rings. The van der Waals surface area contributed by atoms with Gasteiger partial charge in [0.05, 0.1) is 19.0 Å². The van der Waals surface area contributed by atoms with Crippen LogP contribution in [0.4, 0.5) is 0 Å². The molecule has 2 atom stereocenters. The number of piperidine rings is 1. The van der Waals surface area contributed by atoms with Crippen LogP contribution in [-0.2, 0) is 14.3 Å². The molecule has 0 radical (unpaired) electrons. The van der Waals surface area contributed by atoms with Crippen LogP contribution in [-0.4, -0.2) is 59.2 Å². The van der Waals surface area contributed by atoms with Crippen LogP contribution in [0.2, 0.25) is 0 Å². The summed E-state index contributed by atoms with van der Waals surface area (Å²) in [6, 6.07) is -0.657. The second-order valence-corrected chi connectivity index (χ2v) is 5.14. The number of aliphatic hydroxyl groups excluding tert-OH is 1. The number of hydrogen-bond donors (Lipinski definition) is 1. The number of carbonyl (C=O) groups excluding carboxylic acids is 2. The normalized spacial score (nSPS) is 23.6. The Hall–Kier alpha value is -1.01. The molecule has 0 aromatic carbocycles. The zero-order chi connectivity index (χ0) is 13.5. The molecule has 1 rings (SSSR count). The molecule has 1 heterocycles. The molecule has 1 fully saturated rings. The van der Waals surface area contributed by atoms with E-state index < -0.39 is 18.1 Å². The van der Waals surface area contributed by atoms with Gasteiger partial charge in [0.25, 0.3) is 0 Å². The van der Waals surface area contributed by atoms with Gasteiger partial charge in [-0.3, -0.25) is 4.79 Å². The van der Waals surface area contributed by atoms with E-state index in [1.807, 2.05) is 0 Å². The van der Waals surface area contributed by atoms with Gasteiger partial charge in [0, 0.05) is 18.7 Å². The number of methoxy groups -OCH3 is 1. The van der Waals surface area contributed by atoms with Gasteiger partial charge in [-0.2, -0.15) is 0 Å². The summed E-state index contributed by atoms with van der Waals surface area (Å²) in [6.07, 6.45) is 1.95. The highest BCUT2D eigenvalue weighted by Gasteiger charge is 2.35. The fourth-order valence-electron chi connectivity index (χ4n) is 1.92. The molecule has 1 aliphatic heterocycles. The Labute approximate surface area is 111 Å². The molecule has 0 saturated carbocycles. The van der Waals surface area contributed by atoms with Crippen LogP contribution >= 0.6 is 11.8 Å². The van der Waals surface area contributed by atoms with Crippen LogP contribution in [0.5, 0.6) is 0 Å². The highest BCUT2D eigenvalue weighted by Crippen LogP contribution is 2.20. The molecule has 1 saturated heterocycles. The predicted octanol–water partition coefficient (Wildman–Crippen LogP) is 0.430. The highest BCUT2D eigenvalue weighted by molar-refractivity contribution is 8.00. The van der Waals surface area contributed by atoms with Crippen LogP contribution in [0.15, 0.2) is 12.7 Å². The molecule has 0 unspecified atom stereocenters. The van der Waals surface area contributed by atoms with Gasteiger partial charge in [-0.25, -0.2) is 4.79 Å². The van der Waals surface area contributed by atoms with Gasteiger partial charge in [0.15, 0.2) is 0 Å². The van der Waals surface area contributed by atoms with Crippen LogP contribution < -0.4 is 0 Å². The standard InChI is InChI=1S/C12H19NO4S/c1-3-6-18-8-11(15)13-5-4-9(14)7-10(13)12(16)17-2/h3,9-10,14H,1,4-8H2,2H3/t9-,10+/m0/s1. The summed E-state index contributed by atoms with van der Waals surface area (Å²) in [4.78, 5) is 25.1. The number of ether oxygens (including phenoxy) is 1. The molecule has 5 nitrogen and oxygen atoms in total. The molecule has 0 spiro atoms. The third-order valence-corrected chi connectivity index (χ3v) is 3.75. The number of aliphatic hydroxyl groups is 1. The molecule has 1 amide bonds. The van der Waals surface area contributed by atoms with Crippen molar-refractivity contribution in [3.8, 4) is 0 Å². The maximum absolute atomic E-state index is 12.0. The topological polar surface area (TPSA) is 66.8 Å². The first-order valence-electron chi connectivity index (χ1n) is 5.84. The van der Waals surface area contributed by atoms with Gasteiger partial charge in [-0.1, -0.05) is 6.08 Å². The highest BCUT2D eigenvalue weighted by atomic mass is 32.2. The van der Waals surface area contributed by atoms with E-state index in [9.17, 15) is 14.7 Å². The second-order valence-electron chi connectivity index (χ2n) is 4.11. The maximum atomic E-state index is 12.0. The summed E-state index contributed by atoms with van der Waals surface area (Å²) >= 11 is 1.45. The van der Waals surface area contributed by atoms with E-state index in [2.05, 4.69) is 11.3 Å². The minimum atomic E-state index is -0.657. The number of thioether (sulfide) groups is 1.